The van der Waals surface area contributed by atoms with Crippen molar-refractivity contribution in [1.29, 1.82) is 0 Å². The van der Waals surface area contributed by atoms with Gasteiger partial charge in [0.25, 0.3) is 0 Å². The monoisotopic (exact) mass is 206 g/mol. The van der Waals surface area contributed by atoms with Gasteiger partial charge in [-0.25, -0.2) is 4.98 Å². The van der Waals surface area contributed by atoms with Crippen LogP contribution in [0.4, 0.5) is 0 Å². The van der Waals surface area contributed by atoms with Gasteiger partial charge in [0.05, 0.1) is 15.2 Å². The standard InChI is InChI=1S/C11H14N2S/c1-3-12-7-9-4-5-10-11(6-9)14-8(2)13-10/h4-6,12H,3,7H2,1-2H3. The Hall–Kier alpha value is -0.930. The molecule has 1 N–H and O–H groups in total. The summed E-state index contributed by atoms with van der Waals surface area (Å²) < 4.78 is 1.29. The van der Waals surface area contributed by atoms with Gasteiger partial charge in [-0.2, -0.15) is 0 Å². The molecular formula is C11H14N2S. The SMILES string of the molecule is CCNCc1ccc2nc(C)sc2c1. The zero-order valence-electron chi connectivity index (χ0n) is 8.50. The van der Waals surface area contributed by atoms with Crippen LogP contribution in [0.25, 0.3) is 10.2 Å². The van der Waals surface area contributed by atoms with E-state index in [2.05, 4.69) is 42.3 Å². The second-order valence-electron chi connectivity index (χ2n) is 3.32. The highest BCUT2D eigenvalue weighted by Crippen LogP contribution is 2.22. The molecular weight excluding hydrogens is 192 g/mol. The van der Waals surface area contributed by atoms with E-state index >= 15 is 0 Å². The highest BCUT2D eigenvalue weighted by Gasteiger charge is 2.00. The summed E-state index contributed by atoms with van der Waals surface area (Å²) in [5, 5.41) is 4.46. The molecule has 3 heteroatoms. The maximum absolute atomic E-state index is 4.43. The third-order valence-electron chi connectivity index (χ3n) is 2.14. The van der Waals surface area contributed by atoms with Crippen LogP contribution >= 0.6 is 11.3 Å². The summed E-state index contributed by atoms with van der Waals surface area (Å²) in [6.07, 6.45) is 0. The van der Waals surface area contributed by atoms with Crippen molar-refractivity contribution in [2.45, 2.75) is 20.4 Å². The lowest BCUT2D eigenvalue weighted by molar-refractivity contribution is 0.727. The molecule has 2 nitrogen and oxygen atoms in total. The van der Waals surface area contributed by atoms with Crippen LogP contribution in [0.5, 0.6) is 0 Å². The summed E-state index contributed by atoms with van der Waals surface area (Å²) in [5.41, 5.74) is 2.45. The molecule has 0 spiro atoms. The third kappa shape index (κ3) is 1.94. The molecule has 0 bridgehead atoms. The molecule has 1 heterocycles. The van der Waals surface area contributed by atoms with Crippen LogP contribution < -0.4 is 5.32 Å². The fourth-order valence-corrected chi connectivity index (χ4v) is 2.35. The second-order valence-corrected chi connectivity index (χ2v) is 4.55. The summed E-state index contributed by atoms with van der Waals surface area (Å²) >= 11 is 1.76. The first-order chi connectivity index (χ1) is 6.79. The maximum atomic E-state index is 4.43. The first-order valence-electron chi connectivity index (χ1n) is 4.86. The zero-order chi connectivity index (χ0) is 9.97. The number of hydrogen-bond acceptors (Lipinski definition) is 3. The van der Waals surface area contributed by atoms with Gasteiger partial charge < -0.3 is 5.32 Å². The second kappa shape index (κ2) is 4.07. The van der Waals surface area contributed by atoms with E-state index in [-0.39, 0.29) is 0 Å². The lowest BCUT2D eigenvalue weighted by Crippen LogP contribution is -2.11. The fourth-order valence-electron chi connectivity index (χ4n) is 1.46. The predicted octanol–water partition coefficient (Wildman–Crippen LogP) is 2.71. The number of rotatable bonds is 3. The Morgan fingerprint density at radius 2 is 2.29 bits per heavy atom. The van der Waals surface area contributed by atoms with Crippen molar-refractivity contribution in [2.75, 3.05) is 6.54 Å². The Kier molecular flexibility index (Phi) is 2.79. The molecule has 0 saturated heterocycles. The van der Waals surface area contributed by atoms with E-state index in [0.29, 0.717) is 0 Å². The van der Waals surface area contributed by atoms with Crippen LogP contribution in [0.3, 0.4) is 0 Å². The maximum Gasteiger partial charge on any atom is 0.0907 e. The van der Waals surface area contributed by atoms with E-state index in [0.717, 1.165) is 23.6 Å². The van der Waals surface area contributed by atoms with Crippen molar-refractivity contribution in [3.05, 3.63) is 28.8 Å². The van der Waals surface area contributed by atoms with Crippen molar-refractivity contribution >= 4 is 21.6 Å². The van der Waals surface area contributed by atoms with E-state index in [1.165, 1.54) is 10.3 Å². The lowest BCUT2D eigenvalue weighted by Gasteiger charge is -2.00. The van der Waals surface area contributed by atoms with Gasteiger partial charge >= 0.3 is 0 Å². The van der Waals surface area contributed by atoms with Gasteiger partial charge in [-0.05, 0) is 31.2 Å². The predicted molar refractivity (Wildman–Crippen MR) is 61.7 cm³/mol. The van der Waals surface area contributed by atoms with Crippen molar-refractivity contribution in [1.82, 2.24) is 10.3 Å². The van der Waals surface area contributed by atoms with Gasteiger partial charge in [0.1, 0.15) is 0 Å². The molecule has 1 aromatic carbocycles. The van der Waals surface area contributed by atoms with Crippen LogP contribution in [0.2, 0.25) is 0 Å². The number of benzene rings is 1. The molecule has 1 aromatic heterocycles. The van der Waals surface area contributed by atoms with E-state index in [4.69, 9.17) is 0 Å². The number of thiazole rings is 1. The number of aryl methyl sites for hydroxylation is 1. The number of aromatic nitrogens is 1. The lowest BCUT2D eigenvalue weighted by atomic mass is 10.2. The Bertz CT molecular complexity index is 434. The minimum Gasteiger partial charge on any atom is -0.313 e. The molecule has 0 unspecified atom stereocenters. The average Bonchev–Trinajstić information content (AvgIpc) is 2.54. The van der Waals surface area contributed by atoms with Gasteiger partial charge in [0.2, 0.25) is 0 Å². The van der Waals surface area contributed by atoms with Gasteiger partial charge in [0.15, 0.2) is 0 Å². The number of nitrogens with zero attached hydrogens (tertiary/aromatic N) is 1. The Labute approximate surface area is 88.0 Å². The van der Waals surface area contributed by atoms with Gasteiger partial charge in [-0.15, -0.1) is 11.3 Å². The summed E-state index contributed by atoms with van der Waals surface area (Å²) in [6, 6.07) is 6.47. The van der Waals surface area contributed by atoms with Crippen LogP contribution in [0.1, 0.15) is 17.5 Å². The molecule has 0 amide bonds. The zero-order valence-corrected chi connectivity index (χ0v) is 9.32. The van der Waals surface area contributed by atoms with Crippen molar-refractivity contribution < 1.29 is 0 Å². The molecule has 2 rings (SSSR count). The summed E-state index contributed by atoms with van der Waals surface area (Å²) in [6.45, 7) is 6.13. The Morgan fingerprint density at radius 1 is 1.43 bits per heavy atom. The first-order valence-corrected chi connectivity index (χ1v) is 5.68. The highest BCUT2D eigenvalue weighted by atomic mass is 32.1. The largest absolute Gasteiger partial charge is 0.313 e. The van der Waals surface area contributed by atoms with Gasteiger partial charge in [0, 0.05) is 6.54 Å². The minimum absolute atomic E-state index is 0.948. The molecule has 0 aliphatic heterocycles. The molecule has 14 heavy (non-hydrogen) atoms. The smallest absolute Gasteiger partial charge is 0.0907 e. The normalized spacial score (nSPS) is 11.0. The van der Waals surface area contributed by atoms with Crippen molar-refractivity contribution in [2.24, 2.45) is 0 Å². The van der Waals surface area contributed by atoms with E-state index in [9.17, 15) is 0 Å². The number of fused-ring (bicyclic) bond motifs is 1. The molecule has 0 atom stereocenters. The summed E-state index contributed by atoms with van der Waals surface area (Å²) in [5.74, 6) is 0. The molecule has 74 valence electrons. The molecule has 0 fully saturated rings. The Morgan fingerprint density at radius 3 is 3.07 bits per heavy atom. The van der Waals surface area contributed by atoms with Gasteiger partial charge in [-0.1, -0.05) is 13.0 Å². The number of nitrogens with one attached hydrogen (secondary N) is 1. The highest BCUT2D eigenvalue weighted by molar-refractivity contribution is 7.18. The summed E-state index contributed by atoms with van der Waals surface area (Å²) in [4.78, 5) is 4.43. The summed E-state index contributed by atoms with van der Waals surface area (Å²) in [7, 11) is 0. The number of hydrogen-bond donors (Lipinski definition) is 1. The minimum atomic E-state index is 0.948. The molecule has 0 aliphatic carbocycles. The van der Waals surface area contributed by atoms with Crippen LogP contribution in [-0.4, -0.2) is 11.5 Å². The average molecular weight is 206 g/mol. The fraction of sp³-hybridized carbons (Fsp3) is 0.364. The van der Waals surface area contributed by atoms with E-state index in [1.54, 1.807) is 11.3 Å². The van der Waals surface area contributed by atoms with Crippen molar-refractivity contribution in [3.8, 4) is 0 Å². The molecule has 0 aliphatic rings. The Balaban J connectivity index is 2.31. The molecule has 2 aromatic rings. The molecule has 0 saturated carbocycles. The van der Waals surface area contributed by atoms with E-state index < -0.39 is 0 Å². The topological polar surface area (TPSA) is 24.9 Å². The van der Waals surface area contributed by atoms with Crippen LogP contribution in [0, 0.1) is 6.92 Å². The third-order valence-corrected chi connectivity index (χ3v) is 3.07. The van der Waals surface area contributed by atoms with E-state index in [1.807, 2.05) is 0 Å². The van der Waals surface area contributed by atoms with Crippen LogP contribution in [-0.2, 0) is 6.54 Å². The van der Waals surface area contributed by atoms with Crippen molar-refractivity contribution in [3.63, 3.8) is 0 Å². The molecule has 0 radical (unpaired) electrons. The first kappa shape index (κ1) is 9.62. The quantitative estimate of drug-likeness (QED) is 0.835. The van der Waals surface area contributed by atoms with Gasteiger partial charge in [-0.3, -0.25) is 0 Å². The van der Waals surface area contributed by atoms with Crippen LogP contribution in [0.15, 0.2) is 18.2 Å².